The maximum absolute atomic E-state index is 12.5. The SMILES string of the molecule is Cc1cccc2c(=O)c(C(=O)NCCN3CCOCC3)c[nH]c12. The van der Waals surface area contributed by atoms with Gasteiger partial charge in [-0.15, -0.1) is 0 Å². The molecule has 122 valence electrons. The molecule has 2 N–H and O–H groups in total. The predicted octanol–water partition coefficient (Wildman–Crippen LogP) is 0.899. The summed E-state index contributed by atoms with van der Waals surface area (Å²) < 4.78 is 5.29. The predicted molar refractivity (Wildman–Crippen MR) is 88.9 cm³/mol. The van der Waals surface area contributed by atoms with Crippen molar-refractivity contribution in [3.05, 3.63) is 45.7 Å². The highest BCUT2D eigenvalue weighted by Crippen LogP contribution is 2.12. The third-order valence-electron chi connectivity index (χ3n) is 4.18. The van der Waals surface area contributed by atoms with Gasteiger partial charge in [0.15, 0.2) is 0 Å². The van der Waals surface area contributed by atoms with Crippen LogP contribution in [0.3, 0.4) is 0 Å². The van der Waals surface area contributed by atoms with Gasteiger partial charge >= 0.3 is 0 Å². The minimum absolute atomic E-state index is 0.157. The molecule has 6 nitrogen and oxygen atoms in total. The summed E-state index contributed by atoms with van der Waals surface area (Å²) in [6.45, 7) is 6.44. The molecule has 1 fully saturated rings. The minimum atomic E-state index is -0.331. The number of nitrogens with one attached hydrogen (secondary N) is 2. The number of benzene rings is 1. The third-order valence-corrected chi connectivity index (χ3v) is 4.18. The van der Waals surface area contributed by atoms with Crippen molar-refractivity contribution in [2.75, 3.05) is 39.4 Å². The Kier molecular flexibility index (Phi) is 4.73. The van der Waals surface area contributed by atoms with Crippen LogP contribution in [0.15, 0.2) is 29.2 Å². The number of para-hydroxylation sites is 1. The number of pyridine rings is 1. The van der Waals surface area contributed by atoms with E-state index in [1.165, 1.54) is 6.20 Å². The van der Waals surface area contributed by atoms with Crippen LogP contribution >= 0.6 is 0 Å². The van der Waals surface area contributed by atoms with Gasteiger partial charge in [0.05, 0.1) is 18.7 Å². The molecule has 1 aromatic carbocycles. The first-order valence-electron chi connectivity index (χ1n) is 7.86. The standard InChI is InChI=1S/C17H21N3O3/c1-12-3-2-4-13-15(12)19-11-14(16(13)21)17(22)18-5-6-20-7-9-23-10-8-20/h2-4,11H,5-10H2,1H3,(H,18,22)(H,19,21). The van der Waals surface area contributed by atoms with Gasteiger partial charge < -0.3 is 15.0 Å². The Hall–Kier alpha value is -2.18. The van der Waals surface area contributed by atoms with Crippen molar-refractivity contribution in [1.82, 2.24) is 15.2 Å². The Bertz CT molecular complexity index is 763. The van der Waals surface area contributed by atoms with Crippen LogP contribution in [0.2, 0.25) is 0 Å². The van der Waals surface area contributed by atoms with Crippen LogP contribution in [-0.2, 0) is 4.74 Å². The summed E-state index contributed by atoms with van der Waals surface area (Å²) in [5.74, 6) is -0.331. The number of H-pyrrole nitrogens is 1. The second-order valence-corrected chi connectivity index (χ2v) is 5.74. The summed E-state index contributed by atoms with van der Waals surface area (Å²) in [5.41, 5.74) is 1.69. The Morgan fingerprint density at radius 1 is 1.35 bits per heavy atom. The molecule has 0 atom stereocenters. The van der Waals surface area contributed by atoms with Gasteiger partial charge in [-0.1, -0.05) is 12.1 Å². The first-order valence-corrected chi connectivity index (χ1v) is 7.86. The summed E-state index contributed by atoms with van der Waals surface area (Å²) in [7, 11) is 0. The van der Waals surface area contributed by atoms with Crippen molar-refractivity contribution in [2.45, 2.75) is 6.92 Å². The molecule has 0 unspecified atom stereocenters. The zero-order chi connectivity index (χ0) is 16.2. The molecule has 1 amide bonds. The fourth-order valence-electron chi connectivity index (χ4n) is 2.82. The van der Waals surface area contributed by atoms with E-state index >= 15 is 0 Å². The molecule has 0 radical (unpaired) electrons. The molecule has 2 heterocycles. The number of ether oxygens (including phenoxy) is 1. The largest absolute Gasteiger partial charge is 0.379 e. The minimum Gasteiger partial charge on any atom is -0.379 e. The molecule has 1 aliphatic heterocycles. The van der Waals surface area contributed by atoms with Crippen molar-refractivity contribution in [1.29, 1.82) is 0 Å². The molecule has 1 saturated heterocycles. The van der Waals surface area contributed by atoms with Crippen LogP contribution in [0.5, 0.6) is 0 Å². The number of aromatic nitrogens is 1. The summed E-state index contributed by atoms with van der Waals surface area (Å²) in [6, 6.07) is 5.50. The zero-order valence-electron chi connectivity index (χ0n) is 13.2. The molecule has 3 rings (SSSR count). The number of rotatable bonds is 4. The van der Waals surface area contributed by atoms with Crippen molar-refractivity contribution < 1.29 is 9.53 Å². The average Bonchev–Trinajstić information content (AvgIpc) is 2.57. The highest BCUT2D eigenvalue weighted by molar-refractivity contribution is 5.97. The van der Waals surface area contributed by atoms with Crippen LogP contribution in [0.25, 0.3) is 10.9 Å². The van der Waals surface area contributed by atoms with Crippen LogP contribution in [0.1, 0.15) is 15.9 Å². The molecule has 0 bridgehead atoms. The fraction of sp³-hybridized carbons (Fsp3) is 0.412. The number of carbonyl (C=O) groups excluding carboxylic acids is 1. The number of hydrogen-bond donors (Lipinski definition) is 2. The first kappa shape index (κ1) is 15.7. The second-order valence-electron chi connectivity index (χ2n) is 5.74. The lowest BCUT2D eigenvalue weighted by Gasteiger charge is -2.26. The molecule has 0 aliphatic carbocycles. The monoisotopic (exact) mass is 315 g/mol. The topological polar surface area (TPSA) is 74.4 Å². The number of carbonyl (C=O) groups is 1. The molecule has 23 heavy (non-hydrogen) atoms. The van der Waals surface area contributed by atoms with E-state index in [0.717, 1.165) is 43.9 Å². The molecular formula is C17H21N3O3. The van der Waals surface area contributed by atoms with Gasteiger partial charge in [-0.3, -0.25) is 14.5 Å². The summed E-state index contributed by atoms with van der Waals surface area (Å²) in [6.07, 6.45) is 1.50. The summed E-state index contributed by atoms with van der Waals surface area (Å²) >= 11 is 0. The number of aromatic amines is 1. The van der Waals surface area contributed by atoms with Crippen molar-refractivity contribution in [3.8, 4) is 0 Å². The van der Waals surface area contributed by atoms with Crippen LogP contribution < -0.4 is 10.7 Å². The van der Waals surface area contributed by atoms with Crippen molar-refractivity contribution >= 4 is 16.8 Å². The third kappa shape index (κ3) is 3.43. The van der Waals surface area contributed by atoms with Gasteiger partial charge in [-0.2, -0.15) is 0 Å². The van der Waals surface area contributed by atoms with E-state index in [0.29, 0.717) is 11.9 Å². The van der Waals surface area contributed by atoms with Crippen LogP contribution in [-0.4, -0.2) is 55.2 Å². The van der Waals surface area contributed by atoms with E-state index in [1.807, 2.05) is 19.1 Å². The lowest BCUT2D eigenvalue weighted by molar-refractivity contribution is 0.0383. The Morgan fingerprint density at radius 2 is 2.13 bits per heavy atom. The number of fused-ring (bicyclic) bond motifs is 1. The molecule has 1 aliphatic rings. The van der Waals surface area contributed by atoms with Gasteiger partial charge in [0.1, 0.15) is 5.56 Å². The number of aryl methyl sites for hydroxylation is 1. The number of hydrogen-bond acceptors (Lipinski definition) is 4. The normalized spacial score (nSPS) is 15.7. The van der Waals surface area contributed by atoms with Crippen molar-refractivity contribution in [2.24, 2.45) is 0 Å². The van der Waals surface area contributed by atoms with E-state index in [4.69, 9.17) is 4.74 Å². The lowest BCUT2D eigenvalue weighted by atomic mass is 10.1. The smallest absolute Gasteiger partial charge is 0.256 e. The number of amides is 1. The molecule has 0 saturated carbocycles. The van der Waals surface area contributed by atoms with E-state index in [2.05, 4.69) is 15.2 Å². The van der Waals surface area contributed by atoms with Crippen molar-refractivity contribution in [3.63, 3.8) is 0 Å². The second kappa shape index (κ2) is 6.93. The Balaban J connectivity index is 1.68. The molecular weight excluding hydrogens is 294 g/mol. The zero-order valence-corrected chi connectivity index (χ0v) is 13.2. The highest BCUT2D eigenvalue weighted by atomic mass is 16.5. The maximum Gasteiger partial charge on any atom is 0.256 e. The highest BCUT2D eigenvalue weighted by Gasteiger charge is 2.14. The Labute approximate surface area is 134 Å². The first-order chi connectivity index (χ1) is 11.2. The molecule has 0 spiro atoms. The van der Waals surface area contributed by atoms with E-state index < -0.39 is 0 Å². The summed E-state index contributed by atoms with van der Waals surface area (Å²) in [4.78, 5) is 30.0. The van der Waals surface area contributed by atoms with E-state index in [-0.39, 0.29) is 16.9 Å². The molecule has 6 heteroatoms. The fourth-order valence-corrected chi connectivity index (χ4v) is 2.82. The summed E-state index contributed by atoms with van der Waals surface area (Å²) in [5, 5.41) is 3.37. The van der Waals surface area contributed by atoms with E-state index in [9.17, 15) is 9.59 Å². The van der Waals surface area contributed by atoms with Gasteiger partial charge in [-0.25, -0.2) is 0 Å². The van der Waals surface area contributed by atoms with Gasteiger partial charge in [0.2, 0.25) is 5.43 Å². The number of nitrogens with zero attached hydrogens (tertiary/aromatic N) is 1. The van der Waals surface area contributed by atoms with Crippen LogP contribution in [0.4, 0.5) is 0 Å². The van der Waals surface area contributed by atoms with Gasteiger partial charge in [-0.05, 0) is 18.6 Å². The maximum atomic E-state index is 12.5. The van der Waals surface area contributed by atoms with Gasteiger partial charge in [0, 0.05) is 37.8 Å². The quantitative estimate of drug-likeness (QED) is 0.879. The van der Waals surface area contributed by atoms with Crippen LogP contribution in [0, 0.1) is 6.92 Å². The molecule has 2 aromatic rings. The number of morpholine rings is 1. The molecule has 1 aromatic heterocycles. The lowest BCUT2D eigenvalue weighted by Crippen LogP contribution is -2.41. The average molecular weight is 315 g/mol. The van der Waals surface area contributed by atoms with Gasteiger partial charge in [0.25, 0.3) is 5.91 Å². The van der Waals surface area contributed by atoms with E-state index in [1.54, 1.807) is 6.07 Å². The Morgan fingerprint density at radius 3 is 2.91 bits per heavy atom.